The van der Waals surface area contributed by atoms with Crippen LogP contribution in [0.15, 0.2) is 0 Å². The molecule has 3 fully saturated rings. The molecule has 0 heterocycles. The van der Waals surface area contributed by atoms with Crippen molar-refractivity contribution in [3.05, 3.63) is 0 Å². The van der Waals surface area contributed by atoms with E-state index >= 15 is 0 Å². The molecular weight excluding hydrogens is 333 g/mol. The molecule has 0 aromatic rings. The van der Waals surface area contributed by atoms with E-state index in [-0.39, 0.29) is 68.8 Å². The summed E-state index contributed by atoms with van der Waals surface area (Å²) in [4.78, 5) is 12.0. The van der Waals surface area contributed by atoms with E-state index in [2.05, 4.69) is 5.32 Å². The van der Waals surface area contributed by atoms with E-state index in [1.54, 1.807) is 0 Å². The standard InChI is InChI=1S/C15H26BF3NO2.K/c1-13(2,3)22-12(21)20-15-7-4-14(5-8-15,6-9-15)10-11-16(17,18)19;/h4-11H2,1-3H3,(H,20,21);/q-1;+1. The van der Waals surface area contributed by atoms with Gasteiger partial charge in [0.2, 0.25) is 0 Å². The van der Waals surface area contributed by atoms with Crippen LogP contribution >= 0.6 is 0 Å². The zero-order chi connectivity index (χ0) is 16.6. The average Bonchev–Trinajstić information content (AvgIpc) is 2.35. The number of alkyl carbamates (subject to hydrolysis) is 1. The quantitative estimate of drug-likeness (QED) is 0.778. The number of carbonyl (C=O) groups excluding carboxylic acids is 1. The van der Waals surface area contributed by atoms with Gasteiger partial charge in [-0.2, -0.15) is 0 Å². The van der Waals surface area contributed by atoms with E-state index in [0.717, 1.165) is 38.5 Å². The second-order valence-corrected chi connectivity index (χ2v) is 8.16. The number of hydrogen-bond acceptors (Lipinski definition) is 2. The Kier molecular flexibility index (Phi) is 7.17. The molecule has 23 heavy (non-hydrogen) atoms. The Hall–Kier alpha value is 0.761. The largest absolute Gasteiger partial charge is 1.00 e. The predicted octanol–water partition coefficient (Wildman–Crippen LogP) is 1.85. The topological polar surface area (TPSA) is 38.3 Å². The van der Waals surface area contributed by atoms with Crippen molar-refractivity contribution < 1.29 is 73.9 Å². The molecule has 0 aromatic heterocycles. The van der Waals surface area contributed by atoms with Crippen molar-refractivity contribution in [3.8, 4) is 0 Å². The van der Waals surface area contributed by atoms with Gasteiger partial charge in [-0.05, 0) is 64.7 Å². The molecule has 0 atom stereocenters. The number of rotatable bonds is 4. The average molecular weight is 359 g/mol. The molecule has 0 spiro atoms. The van der Waals surface area contributed by atoms with Crippen LogP contribution in [0.3, 0.4) is 0 Å². The minimum atomic E-state index is -4.69. The van der Waals surface area contributed by atoms with Gasteiger partial charge < -0.3 is 23.0 Å². The van der Waals surface area contributed by atoms with Gasteiger partial charge in [0.15, 0.2) is 0 Å². The molecule has 0 aliphatic heterocycles. The Labute approximate surface area is 179 Å². The SMILES string of the molecule is CC(C)(C)OC(=O)NC12CCC(CC[B-](F)(F)F)(CC1)CC2.[K+]. The fraction of sp³-hybridized carbons (Fsp3) is 0.933. The van der Waals surface area contributed by atoms with Crippen molar-refractivity contribution in [1.82, 2.24) is 5.32 Å². The first-order valence-corrected chi connectivity index (χ1v) is 8.15. The number of nitrogens with one attached hydrogen (secondary N) is 1. The summed E-state index contributed by atoms with van der Waals surface area (Å²) in [6, 6.07) is 0. The minimum Gasteiger partial charge on any atom is -0.449 e. The van der Waals surface area contributed by atoms with Crippen molar-refractivity contribution in [2.45, 2.75) is 83.2 Å². The van der Waals surface area contributed by atoms with Gasteiger partial charge in [0.25, 0.3) is 0 Å². The third-order valence-electron chi connectivity index (χ3n) is 5.17. The second-order valence-electron chi connectivity index (χ2n) is 8.16. The van der Waals surface area contributed by atoms with E-state index in [4.69, 9.17) is 4.74 Å². The number of amides is 1. The van der Waals surface area contributed by atoms with Crippen LogP contribution in [0, 0.1) is 5.41 Å². The molecule has 1 N–H and O–H groups in total. The molecular formula is C15H26BF3KNO2. The zero-order valence-corrected chi connectivity index (χ0v) is 17.8. The first-order chi connectivity index (χ1) is 9.93. The summed E-state index contributed by atoms with van der Waals surface area (Å²) in [6.45, 7) is 0.754. The number of carbonyl (C=O) groups is 1. The van der Waals surface area contributed by atoms with Gasteiger partial charge in [0.05, 0.1) is 0 Å². The van der Waals surface area contributed by atoms with Crippen LogP contribution in [0.5, 0.6) is 0 Å². The summed E-state index contributed by atoms with van der Waals surface area (Å²) in [6.07, 6.45) is 3.80. The first-order valence-electron chi connectivity index (χ1n) is 8.15. The molecule has 0 unspecified atom stereocenters. The third kappa shape index (κ3) is 6.53. The number of hydrogen-bond donors (Lipinski definition) is 1. The fourth-order valence-corrected chi connectivity index (χ4v) is 3.82. The summed E-state index contributed by atoms with van der Waals surface area (Å²) in [5.41, 5.74) is -0.968. The Bertz CT molecular complexity index is 413. The van der Waals surface area contributed by atoms with Gasteiger partial charge in [0, 0.05) is 5.54 Å². The van der Waals surface area contributed by atoms with Crippen molar-refractivity contribution in [3.63, 3.8) is 0 Å². The molecule has 0 saturated heterocycles. The van der Waals surface area contributed by atoms with Crippen LogP contribution in [0.4, 0.5) is 17.7 Å². The molecule has 3 aliphatic rings. The van der Waals surface area contributed by atoms with Crippen LogP contribution in [0.1, 0.15) is 65.7 Å². The number of halogens is 3. The van der Waals surface area contributed by atoms with Gasteiger partial charge in [-0.25, -0.2) is 4.79 Å². The molecule has 0 radical (unpaired) electrons. The van der Waals surface area contributed by atoms with E-state index in [9.17, 15) is 17.7 Å². The molecule has 3 nitrogen and oxygen atoms in total. The summed E-state index contributed by atoms with van der Waals surface area (Å²) in [5.74, 6) is 0. The van der Waals surface area contributed by atoms with Crippen molar-refractivity contribution in [2.24, 2.45) is 5.41 Å². The maximum absolute atomic E-state index is 12.5. The van der Waals surface area contributed by atoms with Crippen molar-refractivity contribution in [1.29, 1.82) is 0 Å². The van der Waals surface area contributed by atoms with Crippen LogP contribution in [-0.4, -0.2) is 24.2 Å². The Morgan fingerprint density at radius 2 is 1.57 bits per heavy atom. The van der Waals surface area contributed by atoms with E-state index in [0.29, 0.717) is 0 Å². The molecule has 1 amide bonds. The molecule has 0 aromatic carbocycles. The molecule has 8 heteroatoms. The Balaban J connectivity index is 0.00000264. The normalized spacial score (nSPS) is 30.5. The van der Waals surface area contributed by atoms with Crippen LogP contribution in [0.25, 0.3) is 0 Å². The van der Waals surface area contributed by atoms with Gasteiger partial charge in [0.1, 0.15) is 5.60 Å². The van der Waals surface area contributed by atoms with Crippen LogP contribution in [0.2, 0.25) is 6.32 Å². The predicted molar refractivity (Wildman–Crippen MR) is 80.7 cm³/mol. The summed E-state index contributed by atoms with van der Waals surface area (Å²) < 4.78 is 42.9. The molecule has 128 valence electrons. The zero-order valence-electron chi connectivity index (χ0n) is 14.7. The smallest absolute Gasteiger partial charge is 0.449 e. The van der Waals surface area contributed by atoms with E-state index in [1.165, 1.54) is 0 Å². The third-order valence-corrected chi connectivity index (χ3v) is 5.17. The van der Waals surface area contributed by atoms with Gasteiger partial charge >= 0.3 is 64.5 Å². The first kappa shape index (κ1) is 21.8. The van der Waals surface area contributed by atoms with Gasteiger partial charge in [-0.3, -0.25) is 0 Å². The molecule has 2 bridgehead atoms. The van der Waals surface area contributed by atoms with Crippen LogP contribution in [-0.2, 0) is 4.74 Å². The fourth-order valence-electron chi connectivity index (χ4n) is 3.82. The second kappa shape index (κ2) is 7.56. The molecule has 3 saturated carbocycles. The summed E-state index contributed by atoms with van der Waals surface area (Å²) >= 11 is 0. The molecule has 3 aliphatic carbocycles. The molecule has 3 rings (SSSR count). The monoisotopic (exact) mass is 359 g/mol. The Morgan fingerprint density at radius 3 is 1.96 bits per heavy atom. The van der Waals surface area contributed by atoms with E-state index in [1.807, 2.05) is 20.8 Å². The minimum absolute atomic E-state index is 0. The summed E-state index contributed by atoms with van der Waals surface area (Å²) in [5, 5.41) is 2.99. The van der Waals surface area contributed by atoms with Crippen molar-refractivity contribution >= 4 is 13.1 Å². The van der Waals surface area contributed by atoms with E-state index < -0.39 is 25.0 Å². The Morgan fingerprint density at radius 1 is 1.09 bits per heavy atom. The number of ether oxygens (including phenoxy) is 1. The number of fused-ring (bicyclic) bond motifs is 3. The van der Waals surface area contributed by atoms with Crippen LogP contribution < -0.4 is 56.7 Å². The summed E-state index contributed by atoms with van der Waals surface area (Å²) in [7, 11) is 0. The van der Waals surface area contributed by atoms with Crippen molar-refractivity contribution in [2.75, 3.05) is 0 Å². The van der Waals surface area contributed by atoms with Gasteiger partial charge in [-0.15, -0.1) is 0 Å². The van der Waals surface area contributed by atoms with Gasteiger partial charge in [-0.1, -0.05) is 12.7 Å². The maximum Gasteiger partial charge on any atom is 1.00 e. The maximum atomic E-state index is 12.5.